The van der Waals surface area contributed by atoms with E-state index in [0.29, 0.717) is 16.5 Å². The minimum absolute atomic E-state index is 0.00866. The second-order valence-electron chi connectivity index (χ2n) is 2.85. The molecule has 1 heterocycles. The van der Waals surface area contributed by atoms with Gasteiger partial charge in [-0.3, -0.25) is 0 Å². The molecule has 0 amide bonds. The third-order valence-corrected chi connectivity index (χ3v) is 2.07. The molecule has 14 heavy (non-hydrogen) atoms. The van der Waals surface area contributed by atoms with Gasteiger partial charge in [-0.1, -0.05) is 11.6 Å². The lowest BCUT2D eigenvalue weighted by molar-refractivity contribution is 0.457. The first kappa shape index (κ1) is 8.90. The van der Waals surface area contributed by atoms with E-state index in [1.165, 1.54) is 6.20 Å². The van der Waals surface area contributed by atoms with Crippen LogP contribution in [0.15, 0.2) is 24.4 Å². The SMILES string of the molecule is Nc1cc(Cl)ccc1-c1ncc(O)[nH]1. The number of aromatic amines is 1. The highest BCUT2D eigenvalue weighted by atomic mass is 35.5. The summed E-state index contributed by atoms with van der Waals surface area (Å²) in [5.41, 5.74) is 6.97. The number of hydrogen-bond acceptors (Lipinski definition) is 3. The number of halogens is 1. The molecule has 4 N–H and O–H groups in total. The number of aromatic nitrogens is 2. The summed E-state index contributed by atoms with van der Waals surface area (Å²) in [6.07, 6.45) is 1.32. The maximum absolute atomic E-state index is 9.07. The molecule has 2 rings (SSSR count). The molecule has 0 aliphatic heterocycles. The van der Waals surface area contributed by atoms with E-state index in [-0.39, 0.29) is 5.88 Å². The van der Waals surface area contributed by atoms with Gasteiger partial charge in [0.25, 0.3) is 0 Å². The molecule has 0 spiro atoms. The Labute approximate surface area is 85.4 Å². The molecular weight excluding hydrogens is 202 g/mol. The molecule has 2 aromatic rings. The maximum atomic E-state index is 9.07. The fourth-order valence-electron chi connectivity index (χ4n) is 1.20. The van der Waals surface area contributed by atoms with Crippen molar-refractivity contribution < 1.29 is 5.11 Å². The number of H-pyrrole nitrogens is 1. The Bertz CT molecular complexity index is 467. The number of nitrogen functional groups attached to an aromatic ring is 1. The van der Waals surface area contributed by atoms with Gasteiger partial charge in [0.1, 0.15) is 5.82 Å². The molecule has 72 valence electrons. The maximum Gasteiger partial charge on any atom is 0.208 e. The van der Waals surface area contributed by atoms with Crippen molar-refractivity contribution in [3.05, 3.63) is 29.4 Å². The average Bonchev–Trinajstić information content (AvgIpc) is 2.51. The molecule has 0 fully saturated rings. The predicted octanol–water partition coefficient (Wildman–Crippen LogP) is 2.02. The Balaban J connectivity index is 2.52. The Morgan fingerprint density at radius 2 is 2.21 bits per heavy atom. The number of benzene rings is 1. The van der Waals surface area contributed by atoms with Gasteiger partial charge >= 0.3 is 0 Å². The quantitative estimate of drug-likeness (QED) is 0.629. The summed E-state index contributed by atoms with van der Waals surface area (Å²) in [6.45, 7) is 0. The molecular formula is C9H8ClN3O. The van der Waals surface area contributed by atoms with Gasteiger partial charge in [-0.15, -0.1) is 0 Å². The van der Waals surface area contributed by atoms with E-state index in [1.54, 1.807) is 18.2 Å². The molecule has 0 saturated heterocycles. The number of nitrogens with two attached hydrogens (primary N) is 1. The number of rotatable bonds is 1. The number of aromatic hydroxyl groups is 1. The van der Waals surface area contributed by atoms with Crippen LogP contribution in [0.4, 0.5) is 5.69 Å². The van der Waals surface area contributed by atoms with Crippen LogP contribution in [0.3, 0.4) is 0 Å². The van der Waals surface area contributed by atoms with Crippen LogP contribution >= 0.6 is 11.6 Å². The summed E-state index contributed by atoms with van der Waals surface area (Å²) in [4.78, 5) is 6.62. The minimum Gasteiger partial charge on any atom is -0.493 e. The lowest BCUT2D eigenvalue weighted by Gasteiger charge is -2.01. The molecule has 0 aliphatic carbocycles. The van der Waals surface area contributed by atoms with Crippen molar-refractivity contribution in [3.63, 3.8) is 0 Å². The number of nitrogens with zero attached hydrogens (tertiary/aromatic N) is 1. The summed E-state index contributed by atoms with van der Waals surface area (Å²) in [5.74, 6) is 0.533. The van der Waals surface area contributed by atoms with E-state index in [2.05, 4.69) is 9.97 Å². The molecule has 0 aliphatic rings. The van der Waals surface area contributed by atoms with Crippen molar-refractivity contribution in [1.82, 2.24) is 9.97 Å². The number of nitrogens with one attached hydrogen (secondary N) is 1. The van der Waals surface area contributed by atoms with Crippen molar-refractivity contribution in [2.45, 2.75) is 0 Å². The third-order valence-electron chi connectivity index (χ3n) is 1.83. The lowest BCUT2D eigenvalue weighted by Crippen LogP contribution is -1.90. The molecule has 0 bridgehead atoms. The first-order chi connectivity index (χ1) is 6.66. The summed E-state index contributed by atoms with van der Waals surface area (Å²) in [6, 6.07) is 5.10. The molecule has 0 radical (unpaired) electrons. The van der Waals surface area contributed by atoms with Gasteiger partial charge in [-0.2, -0.15) is 0 Å². The molecule has 1 aromatic carbocycles. The highest BCUT2D eigenvalue weighted by Gasteiger charge is 2.06. The lowest BCUT2D eigenvalue weighted by atomic mass is 10.2. The van der Waals surface area contributed by atoms with Crippen LogP contribution in [0.1, 0.15) is 0 Å². The predicted molar refractivity (Wildman–Crippen MR) is 55.1 cm³/mol. The van der Waals surface area contributed by atoms with Crippen LogP contribution in [0, 0.1) is 0 Å². The van der Waals surface area contributed by atoms with Gasteiger partial charge in [-0.25, -0.2) is 4.98 Å². The second-order valence-corrected chi connectivity index (χ2v) is 3.29. The van der Waals surface area contributed by atoms with Crippen LogP contribution in [0.2, 0.25) is 5.02 Å². The van der Waals surface area contributed by atoms with Gasteiger partial charge in [0.15, 0.2) is 0 Å². The number of anilines is 1. The van der Waals surface area contributed by atoms with E-state index in [4.69, 9.17) is 22.4 Å². The van der Waals surface area contributed by atoms with Crippen molar-refractivity contribution in [2.75, 3.05) is 5.73 Å². The summed E-state index contributed by atoms with van der Waals surface area (Å²) >= 11 is 5.75. The van der Waals surface area contributed by atoms with Gasteiger partial charge in [0.2, 0.25) is 5.88 Å². The smallest absolute Gasteiger partial charge is 0.208 e. The van der Waals surface area contributed by atoms with Crippen LogP contribution in [-0.2, 0) is 0 Å². The normalized spacial score (nSPS) is 10.4. The van der Waals surface area contributed by atoms with Gasteiger partial charge in [-0.05, 0) is 18.2 Å². The first-order valence-electron chi connectivity index (χ1n) is 3.96. The first-order valence-corrected chi connectivity index (χ1v) is 4.34. The van der Waals surface area contributed by atoms with E-state index < -0.39 is 0 Å². The van der Waals surface area contributed by atoms with Crippen LogP contribution in [0.25, 0.3) is 11.4 Å². The minimum atomic E-state index is 0.00866. The topological polar surface area (TPSA) is 74.9 Å². The van der Waals surface area contributed by atoms with E-state index in [9.17, 15) is 0 Å². The Kier molecular flexibility index (Phi) is 2.05. The summed E-state index contributed by atoms with van der Waals surface area (Å²) in [5, 5.41) is 9.65. The average molecular weight is 210 g/mol. The molecule has 0 atom stereocenters. The number of hydrogen-bond donors (Lipinski definition) is 3. The van der Waals surface area contributed by atoms with Gasteiger partial charge in [0, 0.05) is 16.3 Å². The Morgan fingerprint density at radius 1 is 1.43 bits per heavy atom. The zero-order chi connectivity index (χ0) is 10.1. The standard InChI is InChI=1S/C9H8ClN3O/c10-5-1-2-6(7(11)3-5)9-12-4-8(14)13-9/h1-4,14H,11H2,(H,12,13). The highest BCUT2D eigenvalue weighted by Crippen LogP contribution is 2.26. The highest BCUT2D eigenvalue weighted by molar-refractivity contribution is 6.31. The van der Waals surface area contributed by atoms with Gasteiger partial charge in [0.05, 0.1) is 6.20 Å². The number of imidazole rings is 1. The van der Waals surface area contributed by atoms with Crippen molar-refractivity contribution in [1.29, 1.82) is 0 Å². The summed E-state index contributed by atoms with van der Waals surface area (Å²) < 4.78 is 0. The zero-order valence-corrected chi connectivity index (χ0v) is 7.92. The van der Waals surface area contributed by atoms with E-state index >= 15 is 0 Å². The molecule has 0 unspecified atom stereocenters. The third kappa shape index (κ3) is 1.52. The van der Waals surface area contributed by atoms with Crippen LogP contribution < -0.4 is 5.73 Å². The van der Waals surface area contributed by atoms with Crippen molar-refractivity contribution in [3.8, 4) is 17.3 Å². The Hall–Kier alpha value is -1.68. The van der Waals surface area contributed by atoms with Crippen LogP contribution in [0.5, 0.6) is 5.88 Å². The fourth-order valence-corrected chi connectivity index (χ4v) is 1.38. The summed E-state index contributed by atoms with van der Waals surface area (Å²) in [7, 11) is 0. The van der Waals surface area contributed by atoms with Gasteiger partial charge < -0.3 is 15.8 Å². The monoisotopic (exact) mass is 209 g/mol. The van der Waals surface area contributed by atoms with E-state index in [1.807, 2.05) is 0 Å². The fraction of sp³-hybridized carbons (Fsp3) is 0. The molecule has 0 saturated carbocycles. The Morgan fingerprint density at radius 3 is 2.79 bits per heavy atom. The molecule has 4 nitrogen and oxygen atoms in total. The van der Waals surface area contributed by atoms with E-state index in [0.717, 1.165) is 5.56 Å². The van der Waals surface area contributed by atoms with Crippen molar-refractivity contribution in [2.24, 2.45) is 0 Å². The second kappa shape index (κ2) is 3.23. The molecule has 1 aromatic heterocycles. The molecule has 5 heteroatoms. The van der Waals surface area contributed by atoms with Crippen LogP contribution in [-0.4, -0.2) is 15.1 Å². The zero-order valence-electron chi connectivity index (χ0n) is 7.16. The van der Waals surface area contributed by atoms with Crippen molar-refractivity contribution >= 4 is 17.3 Å². The largest absolute Gasteiger partial charge is 0.493 e.